The van der Waals surface area contributed by atoms with Gasteiger partial charge in [-0.1, -0.05) is 6.92 Å². The van der Waals surface area contributed by atoms with Crippen LogP contribution in [-0.2, 0) is 10.9 Å². The van der Waals surface area contributed by atoms with Crippen molar-refractivity contribution in [3.63, 3.8) is 0 Å². The molecule has 1 aliphatic heterocycles. The molecule has 9 heteroatoms. The van der Waals surface area contributed by atoms with E-state index in [1.54, 1.807) is 0 Å². The lowest BCUT2D eigenvalue weighted by Gasteiger charge is -2.33. The summed E-state index contributed by atoms with van der Waals surface area (Å²) in [5.74, 6) is 3.93. The van der Waals surface area contributed by atoms with Crippen LogP contribution in [0.4, 0.5) is 24.8 Å². The zero-order valence-electron chi connectivity index (χ0n) is 11.6. The molecule has 0 aliphatic carbocycles. The minimum atomic E-state index is -4.62. The first-order valence-electron chi connectivity index (χ1n) is 6.57. The van der Waals surface area contributed by atoms with Crippen LogP contribution in [0.15, 0.2) is 6.07 Å². The quantitative estimate of drug-likeness (QED) is 0.583. The number of nitrogens with two attached hydrogens (primary N) is 1. The van der Waals surface area contributed by atoms with E-state index in [1.807, 2.05) is 0 Å². The van der Waals surface area contributed by atoms with E-state index in [4.69, 9.17) is 10.6 Å². The van der Waals surface area contributed by atoms with Crippen LogP contribution in [0, 0.1) is 5.41 Å². The molecule has 6 nitrogen and oxygen atoms in total. The average Bonchev–Trinajstić information content (AvgIpc) is 2.45. The number of nitrogens with zero attached hydrogens (tertiary/aromatic N) is 2. The van der Waals surface area contributed by atoms with Crippen LogP contribution in [-0.4, -0.2) is 29.7 Å². The minimum Gasteiger partial charge on any atom is -0.381 e. The maximum atomic E-state index is 12.7. The summed E-state index contributed by atoms with van der Waals surface area (Å²) in [7, 11) is 0. The Hall–Kier alpha value is -1.61. The lowest BCUT2D eigenvalue weighted by molar-refractivity contribution is -0.144. The van der Waals surface area contributed by atoms with Gasteiger partial charge in [-0.05, 0) is 18.3 Å². The van der Waals surface area contributed by atoms with Crippen LogP contribution in [0.25, 0.3) is 0 Å². The molecule has 21 heavy (non-hydrogen) atoms. The predicted molar refractivity (Wildman–Crippen MR) is 71.5 cm³/mol. The van der Waals surface area contributed by atoms with Crippen molar-refractivity contribution in [2.45, 2.75) is 25.9 Å². The maximum absolute atomic E-state index is 12.7. The first-order valence-corrected chi connectivity index (χ1v) is 6.57. The second kappa shape index (κ2) is 6.02. The van der Waals surface area contributed by atoms with Gasteiger partial charge in [0.15, 0.2) is 0 Å². The van der Waals surface area contributed by atoms with E-state index >= 15 is 0 Å². The van der Waals surface area contributed by atoms with E-state index in [-0.39, 0.29) is 17.1 Å². The number of aromatic nitrogens is 2. The molecule has 0 radical (unpaired) electrons. The van der Waals surface area contributed by atoms with Gasteiger partial charge in [0, 0.05) is 25.8 Å². The first kappa shape index (κ1) is 15.8. The topological polar surface area (TPSA) is 85.1 Å². The SMILES string of the molecule is CC1(CNc2cc(NN)nc(C(F)(F)F)n2)CCOCC1. The lowest BCUT2D eigenvalue weighted by atomic mass is 9.82. The summed E-state index contributed by atoms with van der Waals surface area (Å²) in [5, 5.41) is 2.94. The van der Waals surface area contributed by atoms with E-state index < -0.39 is 12.0 Å². The van der Waals surface area contributed by atoms with Crippen molar-refractivity contribution >= 4 is 11.6 Å². The molecule has 0 aromatic carbocycles. The number of hydrazine groups is 1. The van der Waals surface area contributed by atoms with Gasteiger partial charge in [0.1, 0.15) is 11.6 Å². The second-order valence-corrected chi connectivity index (χ2v) is 5.38. The highest BCUT2D eigenvalue weighted by Gasteiger charge is 2.35. The standard InChI is InChI=1S/C12H18F3N5O/c1-11(2-4-21-5-3-11)7-17-8-6-9(20-16)19-10(18-8)12(13,14)15/h6H,2-5,7,16H2,1H3,(H2,17,18,19,20). The number of anilines is 2. The molecule has 1 aliphatic rings. The van der Waals surface area contributed by atoms with Gasteiger partial charge in [0.25, 0.3) is 0 Å². The number of halogens is 3. The lowest BCUT2D eigenvalue weighted by Crippen LogP contribution is -2.33. The Kier molecular flexibility index (Phi) is 4.52. The largest absolute Gasteiger partial charge is 0.451 e. The van der Waals surface area contributed by atoms with Crippen LogP contribution in [0.3, 0.4) is 0 Å². The second-order valence-electron chi connectivity index (χ2n) is 5.38. The van der Waals surface area contributed by atoms with Crippen molar-refractivity contribution in [1.82, 2.24) is 9.97 Å². The summed E-state index contributed by atoms with van der Waals surface area (Å²) < 4.78 is 43.4. The summed E-state index contributed by atoms with van der Waals surface area (Å²) >= 11 is 0. The third kappa shape index (κ3) is 4.18. The van der Waals surface area contributed by atoms with Gasteiger partial charge in [0.2, 0.25) is 5.82 Å². The molecule has 1 aromatic rings. The van der Waals surface area contributed by atoms with E-state index in [0.29, 0.717) is 19.8 Å². The third-order valence-corrected chi connectivity index (χ3v) is 3.52. The normalized spacial score (nSPS) is 18.3. The average molecular weight is 305 g/mol. The molecule has 0 amide bonds. The van der Waals surface area contributed by atoms with Gasteiger partial charge >= 0.3 is 6.18 Å². The Morgan fingerprint density at radius 1 is 1.29 bits per heavy atom. The Labute approximate surface area is 120 Å². The van der Waals surface area contributed by atoms with Gasteiger partial charge in [0.05, 0.1) is 0 Å². The van der Waals surface area contributed by atoms with E-state index in [0.717, 1.165) is 12.8 Å². The number of ether oxygens (including phenoxy) is 1. The molecule has 2 rings (SSSR count). The monoisotopic (exact) mass is 305 g/mol. The molecule has 0 spiro atoms. The van der Waals surface area contributed by atoms with Gasteiger partial charge in [-0.2, -0.15) is 13.2 Å². The Bertz CT molecular complexity index is 488. The summed E-state index contributed by atoms with van der Waals surface area (Å²) in [6, 6.07) is 1.35. The number of hydrogen-bond acceptors (Lipinski definition) is 6. The molecule has 118 valence electrons. The van der Waals surface area contributed by atoms with Crippen LogP contribution in [0.1, 0.15) is 25.6 Å². The Morgan fingerprint density at radius 2 is 1.90 bits per heavy atom. The molecule has 2 heterocycles. The van der Waals surface area contributed by atoms with Crippen molar-refractivity contribution in [3.05, 3.63) is 11.9 Å². The molecule has 0 unspecified atom stereocenters. The van der Waals surface area contributed by atoms with Gasteiger partial charge in [-0.25, -0.2) is 15.8 Å². The fourth-order valence-electron chi connectivity index (χ4n) is 2.08. The molecule has 0 bridgehead atoms. The highest BCUT2D eigenvalue weighted by molar-refractivity contribution is 5.47. The molecule has 1 aromatic heterocycles. The van der Waals surface area contributed by atoms with Gasteiger partial charge in [-0.15, -0.1) is 0 Å². The summed E-state index contributed by atoms with van der Waals surface area (Å²) in [6.45, 7) is 3.89. The van der Waals surface area contributed by atoms with Crippen LogP contribution in [0.2, 0.25) is 0 Å². The van der Waals surface area contributed by atoms with Crippen LogP contribution >= 0.6 is 0 Å². The van der Waals surface area contributed by atoms with Crippen molar-refractivity contribution < 1.29 is 17.9 Å². The number of rotatable bonds is 4. The zero-order chi connectivity index (χ0) is 15.5. The van der Waals surface area contributed by atoms with Crippen LogP contribution in [0.5, 0.6) is 0 Å². The number of nitrogen functional groups attached to an aromatic ring is 1. The Balaban J connectivity index is 2.12. The van der Waals surface area contributed by atoms with Gasteiger partial charge in [-0.3, -0.25) is 0 Å². The molecule has 1 saturated heterocycles. The van der Waals surface area contributed by atoms with Crippen molar-refractivity contribution in [1.29, 1.82) is 0 Å². The predicted octanol–water partition coefficient (Wildman–Crippen LogP) is 2.01. The molecular weight excluding hydrogens is 287 g/mol. The first-order chi connectivity index (χ1) is 9.82. The van der Waals surface area contributed by atoms with E-state index in [1.165, 1.54) is 6.07 Å². The van der Waals surface area contributed by atoms with Crippen LogP contribution < -0.4 is 16.6 Å². The number of hydrogen-bond donors (Lipinski definition) is 3. The molecule has 0 atom stereocenters. The minimum absolute atomic E-state index is 0.0299. The van der Waals surface area contributed by atoms with E-state index in [9.17, 15) is 13.2 Å². The fourth-order valence-corrected chi connectivity index (χ4v) is 2.08. The number of alkyl halides is 3. The van der Waals surface area contributed by atoms with Crippen molar-refractivity contribution in [2.24, 2.45) is 11.3 Å². The zero-order valence-corrected chi connectivity index (χ0v) is 11.6. The molecule has 4 N–H and O–H groups in total. The molecule has 1 fully saturated rings. The fraction of sp³-hybridized carbons (Fsp3) is 0.667. The maximum Gasteiger partial charge on any atom is 0.451 e. The van der Waals surface area contributed by atoms with Crippen molar-refractivity contribution in [2.75, 3.05) is 30.5 Å². The molecular formula is C12H18F3N5O. The van der Waals surface area contributed by atoms with E-state index in [2.05, 4.69) is 27.6 Å². The third-order valence-electron chi connectivity index (χ3n) is 3.52. The van der Waals surface area contributed by atoms with Gasteiger partial charge < -0.3 is 15.5 Å². The Morgan fingerprint density at radius 3 is 2.48 bits per heavy atom. The summed E-state index contributed by atoms with van der Waals surface area (Å²) in [5.41, 5.74) is 2.09. The number of nitrogens with one attached hydrogen (secondary N) is 2. The highest BCUT2D eigenvalue weighted by atomic mass is 19.4. The smallest absolute Gasteiger partial charge is 0.381 e. The summed E-state index contributed by atoms with van der Waals surface area (Å²) in [6.07, 6.45) is -2.93. The van der Waals surface area contributed by atoms with Crippen molar-refractivity contribution in [3.8, 4) is 0 Å². The summed E-state index contributed by atoms with van der Waals surface area (Å²) in [4.78, 5) is 6.80. The highest BCUT2D eigenvalue weighted by Crippen LogP contribution is 2.31. The molecule has 0 saturated carbocycles.